The largest absolute Gasteiger partial charge is 0.444 e. The second-order valence-electron chi connectivity index (χ2n) is 10.2. The number of benzene rings is 2. The first-order valence-electron chi connectivity index (χ1n) is 11.9. The van der Waals surface area contributed by atoms with Gasteiger partial charge < -0.3 is 15.0 Å². The Bertz CT molecular complexity index is 1330. The molecule has 2 aromatic rings. The number of anilines is 1. The van der Waals surface area contributed by atoms with Crippen molar-refractivity contribution in [1.82, 2.24) is 5.32 Å². The number of ether oxygens (including phenoxy) is 1. The van der Waals surface area contributed by atoms with Gasteiger partial charge in [-0.3, -0.25) is 4.79 Å². The maximum atomic E-state index is 14.4. The molecule has 0 aromatic heterocycles. The third-order valence-electron chi connectivity index (χ3n) is 5.98. The lowest BCUT2D eigenvalue weighted by molar-refractivity contribution is -0.119. The molecule has 3 atom stereocenters. The molecular weight excluding hydrogens is 517 g/mol. The maximum absolute atomic E-state index is 14.4. The van der Waals surface area contributed by atoms with Gasteiger partial charge in [0.05, 0.1) is 17.5 Å². The molecule has 198 valence electrons. The molecule has 0 bridgehead atoms. The van der Waals surface area contributed by atoms with Crippen LogP contribution >= 0.6 is 11.8 Å². The predicted molar refractivity (Wildman–Crippen MR) is 143 cm³/mol. The lowest BCUT2D eigenvalue weighted by Gasteiger charge is -2.25. The summed E-state index contributed by atoms with van der Waals surface area (Å²) in [5, 5.41) is 2.57. The summed E-state index contributed by atoms with van der Waals surface area (Å²) in [5.74, 6) is -1.22. The molecule has 0 saturated carbocycles. The molecule has 0 aliphatic carbocycles. The summed E-state index contributed by atoms with van der Waals surface area (Å²) < 4.78 is 44.5. The van der Waals surface area contributed by atoms with Crippen molar-refractivity contribution in [2.24, 2.45) is 4.99 Å². The quantitative estimate of drug-likeness (QED) is 0.606. The first-order valence-corrected chi connectivity index (χ1v) is 14.6. The van der Waals surface area contributed by atoms with Gasteiger partial charge in [-0.15, -0.1) is 0 Å². The minimum atomic E-state index is -3.28. The molecule has 2 fully saturated rings. The van der Waals surface area contributed by atoms with Crippen LogP contribution in [0, 0.1) is 12.7 Å². The fourth-order valence-corrected chi connectivity index (χ4v) is 8.19. The summed E-state index contributed by atoms with van der Waals surface area (Å²) in [6.45, 7) is 6.81. The predicted octanol–water partition coefficient (Wildman–Crippen LogP) is 3.87. The average molecular weight is 548 g/mol. The Labute approximate surface area is 220 Å². The number of amides is 2. The molecule has 2 saturated heterocycles. The molecule has 2 aromatic carbocycles. The summed E-state index contributed by atoms with van der Waals surface area (Å²) in [5.41, 5.74) is 0.931. The van der Waals surface area contributed by atoms with Gasteiger partial charge in [0.2, 0.25) is 0 Å². The first-order chi connectivity index (χ1) is 17.3. The number of hydrogen-bond acceptors (Lipinski definition) is 6. The van der Waals surface area contributed by atoms with Crippen LogP contribution in [0.4, 0.5) is 14.9 Å². The van der Waals surface area contributed by atoms with E-state index in [1.54, 1.807) is 44.7 Å². The third-order valence-corrected chi connectivity index (χ3v) is 9.19. The van der Waals surface area contributed by atoms with Crippen LogP contribution in [0.1, 0.15) is 31.9 Å². The van der Waals surface area contributed by atoms with Gasteiger partial charge in [0.15, 0.2) is 15.0 Å². The Balaban J connectivity index is 1.66. The number of sulfone groups is 1. The number of alkyl carbamates (subject to hydrolysis) is 1. The molecule has 0 unspecified atom stereocenters. The SMILES string of the molecule is Cc1ccc(N2C(=NC(=O)[C@H](Cc3ccccc3)NC(=O)OC(C)(C)C)S[C@@H]3CS(=O)(=O)C[C@@H]32)cc1F. The number of thioether (sulfide) groups is 1. The van der Waals surface area contributed by atoms with Crippen LogP contribution in [0.15, 0.2) is 53.5 Å². The number of rotatable bonds is 5. The van der Waals surface area contributed by atoms with Crippen molar-refractivity contribution < 1.29 is 27.1 Å². The molecule has 2 heterocycles. The molecule has 0 spiro atoms. The Morgan fingerprint density at radius 1 is 1.19 bits per heavy atom. The lowest BCUT2D eigenvalue weighted by Crippen LogP contribution is -2.45. The minimum Gasteiger partial charge on any atom is -0.444 e. The van der Waals surface area contributed by atoms with Crippen LogP contribution in [-0.2, 0) is 25.8 Å². The minimum absolute atomic E-state index is 0.0516. The van der Waals surface area contributed by atoms with Gasteiger partial charge in [-0.05, 0) is 51.0 Å². The standard InChI is InChI=1S/C26H30FN3O5S2/c1-16-10-11-18(13-19(16)27)30-21-14-37(33,34)15-22(21)36-24(30)29-23(31)20(12-17-8-6-5-7-9-17)28-25(32)35-26(2,3)4/h5-11,13,20-22H,12,14-15H2,1-4H3,(H,28,32)/t20-,21-,22+/m0/s1. The van der Waals surface area contributed by atoms with Crippen LogP contribution in [0.25, 0.3) is 0 Å². The molecular formula is C26H30FN3O5S2. The zero-order valence-corrected chi connectivity index (χ0v) is 22.7. The first kappa shape index (κ1) is 27.1. The van der Waals surface area contributed by atoms with Gasteiger partial charge in [-0.25, -0.2) is 17.6 Å². The molecule has 2 amide bonds. The number of fused-ring (bicyclic) bond motifs is 1. The van der Waals surface area contributed by atoms with Crippen LogP contribution in [-0.4, -0.2) is 60.0 Å². The van der Waals surface area contributed by atoms with E-state index in [9.17, 15) is 22.4 Å². The highest BCUT2D eigenvalue weighted by Crippen LogP contribution is 2.41. The van der Waals surface area contributed by atoms with Crippen LogP contribution in [0.3, 0.4) is 0 Å². The van der Waals surface area contributed by atoms with Gasteiger partial charge in [-0.1, -0.05) is 48.2 Å². The van der Waals surface area contributed by atoms with E-state index in [0.29, 0.717) is 11.3 Å². The topological polar surface area (TPSA) is 105 Å². The van der Waals surface area contributed by atoms with Gasteiger partial charge in [0, 0.05) is 17.4 Å². The van der Waals surface area contributed by atoms with Gasteiger partial charge >= 0.3 is 6.09 Å². The second kappa shape index (κ2) is 10.4. The Hall–Kier alpha value is -2.92. The molecule has 11 heteroatoms. The molecule has 2 aliphatic heterocycles. The Morgan fingerprint density at radius 3 is 2.54 bits per heavy atom. The molecule has 37 heavy (non-hydrogen) atoms. The van der Waals surface area contributed by atoms with E-state index in [1.165, 1.54) is 17.8 Å². The fraction of sp³-hybridized carbons (Fsp3) is 0.423. The van der Waals surface area contributed by atoms with Crippen molar-refractivity contribution in [3.05, 3.63) is 65.5 Å². The van der Waals surface area contributed by atoms with E-state index in [4.69, 9.17) is 4.74 Å². The fourth-order valence-electron chi connectivity index (χ4n) is 4.27. The van der Waals surface area contributed by atoms with Crippen molar-refractivity contribution in [1.29, 1.82) is 0 Å². The number of hydrogen-bond donors (Lipinski definition) is 1. The van der Waals surface area contributed by atoms with Gasteiger partial charge in [-0.2, -0.15) is 4.99 Å². The number of amidine groups is 1. The van der Waals surface area contributed by atoms with E-state index in [1.807, 2.05) is 30.3 Å². The number of nitrogens with one attached hydrogen (secondary N) is 1. The van der Waals surface area contributed by atoms with Crippen molar-refractivity contribution >= 4 is 44.5 Å². The summed E-state index contributed by atoms with van der Waals surface area (Å²) >= 11 is 1.19. The van der Waals surface area contributed by atoms with Crippen molar-refractivity contribution in [2.45, 2.75) is 57.1 Å². The van der Waals surface area contributed by atoms with E-state index < -0.39 is 45.3 Å². The maximum Gasteiger partial charge on any atom is 0.408 e. The monoisotopic (exact) mass is 547 g/mol. The number of carbonyl (C=O) groups excluding carboxylic acids is 2. The van der Waals surface area contributed by atoms with Gasteiger partial charge in [0.25, 0.3) is 5.91 Å². The third kappa shape index (κ3) is 6.70. The van der Waals surface area contributed by atoms with E-state index >= 15 is 0 Å². The summed E-state index contributed by atoms with van der Waals surface area (Å²) in [4.78, 5) is 32.0. The summed E-state index contributed by atoms with van der Waals surface area (Å²) in [6.07, 6.45) is -0.567. The van der Waals surface area contributed by atoms with Crippen molar-refractivity contribution in [2.75, 3.05) is 16.4 Å². The molecule has 2 aliphatic rings. The van der Waals surface area contributed by atoms with E-state index in [-0.39, 0.29) is 28.3 Å². The van der Waals surface area contributed by atoms with Crippen LogP contribution < -0.4 is 10.2 Å². The smallest absolute Gasteiger partial charge is 0.408 e. The average Bonchev–Trinajstić information content (AvgIpc) is 3.25. The highest BCUT2D eigenvalue weighted by Gasteiger charge is 2.49. The van der Waals surface area contributed by atoms with Crippen LogP contribution in [0.2, 0.25) is 0 Å². The summed E-state index contributed by atoms with van der Waals surface area (Å²) in [6, 6.07) is 12.3. The van der Waals surface area contributed by atoms with E-state index in [0.717, 1.165) is 5.56 Å². The number of aliphatic imine (C=N–C) groups is 1. The zero-order valence-electron chi connectivity index (χ0n) is 21.1. The second-order valence-corrected chi connectivity index (χ2v) is 13.6. The lowest BCUT2D eigenvalue weighted by atomic mass is 10.1. The number of halogens is 1. The molecule has 8 nitrogen and oxygen atoms in total. The molecule has 0 radical (unpaired) electrons. The van der Waals surface area contributed by atoms with Crippen LogP contribution in [0.5, 0.6) is 0 Å². The highest BCUT2D eigenvalue weighted by atomic mass is 32.2. The molecule has 4 rings (SSSR count). The number of nitrogens with zero attached hydrogens (tertiary/aromatic N) is 2. The molecule has 1 N–H and O–H groups in total. The Kier molecular flexibility index (Phi) is 7.66. The normalized spacial score (nSPS) is 22.5. The summed E-state index contributed by atoms with van der Waals surface area (Å²) in [7, 11) is -3.28. The van der Waals surface area contributed by atoms with E-state index in [2.05, 4.69) is 10.3 Å². The Morgan fingerprint density at radius 2 is 1.89 bits per heavy atom. The zero-order chi connectivity index (χ0) is 27.0. The number of carbonyl (C=O) groups is 2. The van der Waals surface area contributed by atoms with Gasteiger partial charge in [0.1, 0.15) is 17.5 Å². The van der Waals surface area contributed by atoms with Crippen molar-refractivity contribution in [3.63, 3.8) is 0 Å². The number of aryl methyl sites for hydroxylation is 1. The highest BCUT2D eigenvalue weighted by molar-refractivity contribution is 8.16. The van der Waals surface area contributed by atoms with Crippen molar-refractivity contribution in [3.8, 4) is 0 Å².